The number of pyridine rings is 2. The topological polar surface area (TPSA) is 104 Å². The van der Waals surface area contributed by atoms with Gasteiger partial charge >= 0.3 is 6.61 Å². The molecule has 3 aromatic heterocycles. The van der Waals surface area contributed by atoms with Crippen molar-refractivity contribution in [1.29, 1.82) is 0 Å². The molecule has 0 saturated carbocycles. The number of para-hydroxylation sites is 1. The SMILES string of the molecule is Cc1cc(-c2ncnn2C)c2cccc(OCc3c(Cl)cncc3C(C)NC(=O)COC(F)F)c2n1. The highest BCUT2D eigenvalue weighted by atomic mass is 35.5. The predicted octanol–water partition coefficient (Wildman–Crippen LogP) is 4.38. The van der Waals surface area contributed by atoms with E-state index in [-0.39, 0.29) is 6.61 Å². The molecule has 0 spiro atoms. The largest absolute Gasteiger partial charge is 0.487 e. The molecule has 4 rings (SSSR count). The Labute approximate surface area is 210 Å². The first-order valence-corrected chi connectivity index (χ1v) is 11.3. The number of amides is 1. The number of aromatic nitrogens is 5. The van der Waals surface area contributed by atoms with Gasteiger partial charge in [-0.25, -0.2) is 14.6 Å². The Balaban J connectivity index is 1.61. The van der Waals surface area contributed by atoms with Crippen molar-refractivity contribution in [3.63, 3.8) is 0 Å². The van der Waals surface area contributed by atoms with Crippen LogP contribution < -0.4 is 10.1 Å². The van der Waals surface area contributed by atoms with E-state index in [9.17, 15) is 13.6 Å². The van der Waals surface area contributed by atoms with Gasteiger partial charge in [0.25, 0.3) is 0 Å². The number of carbonyl (C=O) groups is 1. The molecule has 0 fully saturated rings. The standard InChI is InChI=1S/C24H23ClF2N6O3/c1-13-7-16(23-29-12-30-33(23)3)15-5-4-6-20(22(15)31-13)35-10-18-17(8-28-9-19(18)25)14(2)32-21(34)11-36-24(26)27/h4-9,12,14,24H,10-11H2,1-3H3,(H,32,34). The van der Waals surface area contributed by atoms with Crippen LogP contribution >= 0.6 is 11.6 Å². The van der Waals surface area contributed by atoms with Gasteiger partial charge < -0.3 is 14.8 Å². The van der Waals surface area contributed by atoms with Crippen molar-refractivity contribution in [2.24, 2.45) is 7.05 Å². The van der Waals surface area contributed by atoms with Crippen LogP contribution in [0.4, 0.5) is 8.78 Å². The van der Waals surface area contributed by atoms with E-state index in [4.69, 9.17) is 16.3 Å². The number of hydrogen-bond acceptors (Lipinski definition) is 7. The van der Waals surface area contributed by atoms with Crippen LogP contribution in [0.3, 0.4) is 0 Å². The lowest BCUT2D eigenvalue weighted by Gasteiger charge is -2.19. The van der Waals surface area contributed by atoms with Gasteiger partial charge in [0.2, 0.25) is 5.91 Å². The van der Waals surface area contributed by atoms with Crippen LogP contribution in [-0.4, -0.2) is 43.9 Å². The highest BCUT2D eigenvalue weighted by Gasteiger charge is 2.19. The smallest absolute Gasteiger partial charge is 0.345 e. The Morgan fingerprint density at radius 2 is 2.08 bits per heavy atom. The van der Waals surface area contributed by atoms with Gasteiger partial charge in [-0.3, -0.25) is 9.78 Å². The third kappa shape index (κ3) is 5.58. The number of hydrogen-bond donors (Lipinski definition) is 1. The molecule has 9 nitrogen and oxygen atoms in total. The maximum Gasteiger partial charge on any atom is 0.345 e. The molecule has 3 heterocycles. The molecular formula is C24H23ClF2N6O3. The molecular weight excluding hydrogens is 494 g/mol. The van der Waals surface area contributed by atoms with Crippen LogP contribution in [0.2, 0.25) is 5.02 Å². The Kier molecular flexibility index (Phi) is 7.70. The van der Waals surface area contributed by atoms with Crippen molar-refractivity contribution in [1.82, 2.24) is 30.0 Å². The van der Waals surface area contributed by atoms with E-state index in [0.717, 1.165) is 16.6 Å². The zero-order valence-corrected chi connectivity index (χ0v) is 20.5. The normalized spacial score (nSPS) is 12.2. The molecule has 0 aliphatic heterocycles. The molecule has 1 aromatic carbocycles. The summed E-state index contributed by atoms with van der Waals surface area (Å²) in [5.74, 6) is 0.530. The number of nitrogens with one attached hydrogen (secondary N) is 1. The Morgan fingerprint density at radius 3 is 2.81 bits per heavy atom. The average molecular weight is 517 g/mol. The zero-order valence-electron chi connectivity index (χ0n) is 19.7. The highest BCUT2D eigenvalue weighted by Crippen LogP contribution is 2.33. The van der Waals surface area contributed by atoms with Gasteiger partial charge in [-0.2, -0.15) is 13.9 Å². The number of ether oxygens (including phenoxy) is 2. The van der Waals surface area contributed by atoms with E-state index in [0.29, 0.717) is 33.2 Å². The zero-order chi connectivity index (χ0) is 25.8. The monoisotopic (exact) mass is 516 g/mol. The quantitative estimate of drug-likeness (QED) is 0.352. The summed E-state index contributed by atoms with van der Waals surface area (Å²) in [6.45, 7) is -0.173. The summed E-state index contributed by atoms with van der Waals surface area (Å²) < 4.78 is 36.4. The minimum Gasteiger partial charge on any atom is -0.487 e. The molecule has 0 aliphatic carbocycles. The lowest BCUT2D eigenvalue weighted by molar-refractivity contribution is -0.152. The van der Waals surface area contributed by atoms with Gasteiger partial charge in [0, 0.05) is 47.2 Å². The fraction of sp³-hybridized carbons (Fsp3) is 0.292. The molecule has 0 radical (unpaired) electrons. The Hall–Kier alpha value is -3.70. The van der Waals surface area contributed by atoms with E-state index in [2.05, 4.69) is 30.1 Å². The van der Waals surface area contributed by atoms with Crippen molar-refractivity contribution >= 4 is 28.4 Å². The van der Waals surface area contributed by atoms with Crippen LogP contribution in [0.25, 0.3) is 22.3 Å². The molecule has 1 atom stereocenters. The number of rotatable bonds is 9. The summed E-state index contributed by atoms with van der Waals surface area (Å²) >= 11 is 6.42. The van der Waals surface area contributed by atoms with Crippen molar-refractivity contribution in [3.8, 4) is 17.1 Å². The van der Waals surface area contributed by atoms with Gasteiger partial charge in [0.05, 0.1) is 11.1 Å². The van der Waals surface area contributed by atoms with Gasteiger partial charge in [0.15, 0.2) is 5.82 Å². The van der Waals surface area contributed by atoms with Gasteiger partial charge in [-0.1, -0.05) is 23.7 Å². The second-order valence-electron chi connectivity index (χ2n) is 8.01. The van der Waals surface area contributed by atoms with E-state index in [1.54, 1.807) is 23.9 Å². The van der Waals surface area contributed by atoms with Crippen LogP contribution in [0.5, 0.6) is 5.75 Å². The number of aryl methyl sites for hydroxylation is 2. The maximum atomic E-state index is 12.2. The van der Waals surface area contributed by atoms with Crippen molar-refractivity contribution < 1.29 is 23.0 Å². The van der Waals surface area contributed by atoms with Crippen LogP contribution in [0.15, 0.2) is 43.0 Å². The summed E-state index contributed by atoms with van der Waals surface area (Å²) in [4.78, 5) is 25.1. The lowest BCUT2D eigenvalue weighted by Crippen LogP contribution is -2.31. The molecule has 1 amide bonds. The van der Waals surface area contributed by atoms with Crippen LogP contribution in [0.1, 0.15) is 29.8 Å². The first kappa shape index (κ1) is 25.4. The predicted molar refractivity (Wildman–Crippen MR) is 129 cm³/mol. The molecule has 188 valence electrons. The molecule has 4 aromatic rings. The van der Waals surface area contributed by atoms with E-state index >= 15 is 0 Å². The summed E-state index contributed by atoms with van der Waals surface area (Å²) in [5.41, 5.74) is 3.46. The molecule has 0 aliphatic rings. The van der Waals surface area contributed by atoms with E-state index in [1.807, 2.05) is 32.2 Å². The molecule has 0 saturated heterocycles. The minimum absolute atomic E-state index is 0.0540. The number of alkyl halides is 2. The lowest BCUT2D eigenvalue weighted by atomic mass is 10.0. The van der Waals surface area contributed by atoms with Crippen molar-refractivity contribution in [2.75, 3.05) is 6.61 Å². The van der Waals surface area contributed by atoms with Crippen molar-refractivity contribution in [3.05, 3.63) is 64.8 Å². The van der Waals surface area contributed by atoms with Crippen molar-refractivity contribution in [2.45, 2.75) is 33.1 Å². The summed E-state index contributed by atoms with van der Waals surface area (Å²) in [6, 6.07) is 6.95. The Bertz CT molecular complexity index is 1400. The fourth-order valence-electron chi connectivity index (χ4n) is 3.84. The number of nitrogens with zero attached hydrogens (tertiary/aromatic N) is 5. The third-order valence-electron chi connectivity index (χ3n) is 5.48. The first-order chi connectivity index (χ1) is 17.2. The number of fused-ring (bicyclic) bond motifs is 1. The molecule has 36 heavy (non-hydrogen) atoms. The highest BCUT2D eigenvalue weighted by molar-refractivity contribution is 6.31. The minimum atomic E-state index is -3.03. The molecule has 12 heteroatoms. The number of benzene rings is 1. The summed E-state index contributed by atoms with van der Waals surface area (Å²) in [7, 11) is 1.82. The Morgan fingerprint density at radius 1 is 1.28 bits per heavy atom. The van der Waals surface area contributed by atoms with Gasteiger partial charge in [-0.15, -0.1) is 0 Å². The van der Waals surface area contributed by atoms with Crippen LogP contribution in [-0.2, 0) is 23.2 Å². The van der Waals surface area contributed by atoms with E-state index < -0.39 is 25.2 Å². The maximum absolute atomic E-state index is 12.2. The first-order valence-electron chi connectivity index (χ1n) is 10.9. The van der Waals surface area contributed by atoms with Crippen LogP contribution in [0, 0.1) is 6.92 Å². The third-order valence-corrected chi connectivity index (χ3v) is 5.80. The fourth-order valence-corrected chi connectivity index (χ4v) is 4.06. The second kappa shape index (κ2) is 10.9. The number of halogens is 3. The number of carbonyl (C=O) groups excluding carboxylic acids is 1. The summed E-state index contributed by atoms with van der Waals surface area (Å²) in [6.07, 6.45) is 4.50. The average Bonchev–Trinajstić information content (AvgIpc) is 3.27. The molecule has 0 bridgehead atoms. The summed E-state index contributed by atoms with van der Waals surface area (Å²) in [5, 5.41) is 7.94. The molecule has 1 N–H and O–H groups in total. The van der Waals surface area contributed by atoms with E-state index in [1.165, 1.54) is 12.5 Å². The second-order valence-corrected chi connectivity index (χ2v) is 8.42. The molecule has 1 unspecified atom stereocenters. The van der Waals surface area contributed by atoms with Gasteiger partial charge in [0.1, 0.15) is 30.8 Å². The van der Waals surface area contributed by atoms with Gasteiger partial charge in [-0.05, 0) is 26.0 Å².